The average molecular weight is 229 g/mol. The number of carbonyl (C=O) groups is 1. The predicted molar refractivity (Wildman–Crippen MR) is 68.9 cm³/mol. The molecule has 0 spiro atoms. The van der Waals surface area contributed by atoms with Crippen molar-refractivity contribution >= 4 is 17.7 Å². The number of thioether (sulfide) groups is 1. The average Bonchev–Trinajstić information content (AvgIpc) is 1.92. The second kappa shape index (κ2) is 5.59. The molecule has 0 unspecified atom stereocenters. The van der Waals surface area contributed by atoms with Crippen LogP contribution < -0.4 is 5.32 Å². The summed E-state index contributed by atoms with van der Waals surface area (Å²) in [6, 6.07) is 0. The molecular formula is C12H23NOS. The van der Waals surface area contributed by atoms with Crippen LogP contribution in [0.1, 0.15) is 41.5 Å². The van der Waals surface area contributed by atoms with Crippen LogP contribution in [-0.4, -0.2) is 17.2 Å². The van der Waals surface area contributed by atoms with Crippen molar-refractivity contribution in [2.24, 2.45) is 5.41 Å². The fourth-order valence-corrected chi connectivity index (χ4v) is 1.64. The highest BCUT2D eigenvalue weighted by Crippen LogP contribution is 2.20. The summed E-state index contributed by atoms with van der Waals surface area (Å²) >= 11 is 1.67. The molecule has 0 heterocycles. The van der Waals surface area contributed by atoms with E-state index in [0.717, 1.165) is 5.75 Å². The predicted octanol–water partition coefficient (Wildman–Crippen LogP) is 3.19. The lowest BCUT2D eigenvalue weighted by Crippen LogP contribution is -2.39. The van der Waals surface area contributed by atoms with Crippen LogP contribution in [0.25, 0.3) is 0 Å². The minimum absolute atomic E-state index is 0.0242. The maximum Gasteiger partial charge on any atom is 0.244 e. The van der Waals surface area contributed by atoms with Crippen molar-refractivity contribution in [1.82, 2.24) is 5.32 Å². The van der Waals surface area contributed by atoms with Gasteiger partial charge in [0.25, 0.3) is 0 Å². The van der Waals surface area contributed by atoms with Gasteiger partial charge in [-0.2, -0.15) is 0 Å². The number of rotatable bonds is 3. The monoisotopic (exact) mass is 229 g/mol. The van der Waals surface area contributed by atoms with Gasteiger partial charge in [-0.1, -0.05) is 20.8 Å². The van der Waals surface area contributed by atoms with E-state index in [1.165, 1.54) is 0 Å². The molecule has 0 aliphatic heterocycles. The normalized spacial score (nSPS) is 13.2. The van der Waals surface area contributed by atoms with Gasteiger partial charge in [-0.05, 0) is 31.6 Å². The largest absolute Gasteiger partial charge is 0.348 e. The van der Waals surface area contributed by atoms with Crippen molar-refractivity contribution in [1.29, 1.82) is 0 Å². The molecular weight excluding hydrogens is 206 g/mol. The maximum absolute atomic E-state index is 11.4. The van der Waals surface area contributed by atoms with Crippen LogP contribution in [0.4, 0.5) is 0 Å². The highest BCUT2D eigenvalue weighted by Gasteiger charge is 2.11. The van der Waals surface area contributed by atoms with Crippen molar-refractivity contribution in [2.45, 2.75) is 47.1 Å². The molecule has 0 atom stereocenters. The van der Waals surface area contributed by atoms with Crippen molar-refractivity contribution in [2.75, 3.05) is 5.75 Å². The van der Waals surface area contributed by atoms with Gasteiger partial charge in [0, 0.05) is 17.4 Å². The van der Waals surface area contributed by atoms with Gasteiger partial charge in [-0.15, -0.1) is 11.8 Å². The molecule has 0 aliphatic carbocycles. The number of carbonyl (C=O) groups excluding carboxylic acids is 1. The Bertz CT molecular complexity index is 233. The van der Waals surface area contributed by atoms with Crippen LogP contribution in [0, 0.1) is 5.41 Å². The van der Waals surface area contributed by atoms with Gasteiger partial charge >= 0.3 is 0 Å². The van der Waals surface area contributed by atoms with Crippen LogP contribution in [-0.2, 0) is 4.79 Å². The van der Waals surface area contributed by atoms with Gasteiger partial charge in [0.05, 0.1) is 0 Å². The Balaban J connectivity index is 3.84. The Labute approximate surface area is 97.9 Å². The molecule has 88 valence electrons. The van der Waals surface area contributed by atoms with Crippen LogP contribution in [0.2, 0.25) is 0 Å². The lowest BCUT2D eigenvalue weighted by Gasteiger charge is -2.19. The fraction of sp³-hybridized carbons (Fsp3) is 0.750. The zero-order chi connectivity index (χ0) is 12.1. The van der Waals surface area contributed by atoms with E-state index in [-0.39, 0.29) is 11.4 Å². The molecule has 15 heavy (non-hydrogen) atoms. The van der Waals surface area contributed by atoms with Crippen LogP contribution in [0.15, 0.2) is 11.5 Å². The standard InChI is InChI=1S/C12H23NOS/c1-11(2,3)9-15-8-7-10(14)13-12(4,5)6/h7-8H,9H2,1-6H3,(H,13,14). The third-order valence-corrected chi connectivity index (χ3v) is 2.69. The summed E-state index contributed by atoms with van der Waals surface area (Å²) in [5.41, 5.74) is 0.144. The quantitative estimate of drug-likeness (QED) is 0.753. The van der Waals surface area contributed by atoms with Crippen molar-refractivity contribution in [3.8, 4) is 0 Å². The highest BCUT2D eigenvalue weighted by atomic mass is 32.2. The summed E-state index contributed by atoms with van der Waals surface area (Å²) in [7, 11) is 0. The molecule has 2 nitrogen and oxygen atoms in total. The second-order valence-corrected chi connectivity index (χ2v) is 6.81. The van der Waals surface area contributed by atoms with Gasteiger partial charge in [-0.3, -0.25) is 4.79 Å². The van der Waals surface area contributed by atoms with Crippen molar-refractivity contribution in [3.63, 3.8) is 0 Å². The molecule has 0 rings (SSSR count). The third kappa shape index (κ3) is 11.5. The fourth-order valence-electron chi connectivity index (χ4n) is 0.819. The number of hydrogen-bond donors (Lipinski definition) is 1. The van der Waals surface area contributed by atoms with E-state index < -0.39 is 0 Å². The molecule has 0 fully saturated rings. The first-order valence-corrected chi connectivity index (χ1v) is 6.25. The van der Waals surface area contributed by atoms with E-state index in [0.29, 0.717) is 5.41 Å². The van der Waals surface area contributed by atoms with Gasteiger partial charge in [-0.25, -0.2) is 0 Å². The van der Waals surface area contributed by atoms with Crippen LogP contribution >= 0.6 is 11.8 Å². The summed E-state index contributed by atoms with van der Waals surface area (Å²) in [6.07, 6.45) is 1.60. The molecule has 0 bridgehead atoms. The van der Waals surface area contributed by atoms with Crippen molar-refractivity contribution in [3.05, 3.63) is 11.5 Å². The van der Waals surface area contributed by atoms with Crippen LogP contribution in [0.5, 0.6) is 0 Å². The molecule has 0 aromatic carbocycles. The Kier molecular flexibility index (Phi) is 5.43. The number of hydrogen-bond acceptors (Lipinski definition) is 2. The highest BCUT2D eigenvalue weighted by molar-refractivity contribution is 8.02. The molecule has 1 N–H and O–H groups in total. The topological polar surface area (TPSA) is 29.1 Å². The Morgan fingerprint density at radius 3 is 2.13 bits per heavy atom. The molecule has 0 radical (unpaired) electrons. The molecule has 0 aliphatic rings. The molecule has 0 saturated heterocycles. The van der Waals surface area contributed by atoms with E-state index in [1.54, 1.807) is 17.8 Å². The summed E-state index contributed by atoms with van der Waals surface area (Å²) in [4.78, 5) is 11.4. The summed E-state index contributed by atoms with van der Waals surface area (Å²) < 4.78 is 0. The zero-order valence-electron chi connectivity index (χ0n) is 10.7. The second-order valence-electron chi connectivity index (χ2n) is 5.91. The minimum Gasteiger partial charge on any atom is -0.348 e. The Morgan fingerprint density at radius 1 is 1.20 bits per heavy atom. The molecule has 3 heteroatoms. The number of amides is 1. The van der Waals surface area contributed by atoms with Gasteiger partial charge in [0.1, 0.15) is 0 Å². The molecule has 0 saturated carbocycles. The summed E-state index contributed by atoms with van der Waals surface area (Å²) in [6.45, 7) is 12.5. The molecule has 1 amide bonds. The van der Waals surface area contributed by atoms with E-state index >= 15 is 0 Å². The van der Waals surface area contributed by atoms with Gasteiger partial charge < -0.3 is 5.32 Å². The summed E-state index contributed by atoms with van der Waals surface area (Å²) in [5, 5.41) is 4.75. The molecule has 0 aromatic heterocycles. The van der Waals surface area contributed by atoms with Crippen LogP contribution in [0.3, 0.4) is 0 Å². The Morgan fingerprint density at radius 2 is 1.73 bits per heavy atom. The third-order valence-electron chi connectivity index (χ3n) is 1.33. The Hall–Kier alpha value is -0.440. The van der Waals surface area contributed by atoms with E-state index in [4.69, 9.17) is 0 Å². The van der Waals surface area contributed by atoms with E-state index in [1.807, 2.05) is 26.2 Å². The first kappa shape index (κ1) is 14.6. The van der Waals surface area contributed by atoms with E-state index in [9.17, 15) is 4.79 Å². The zero-order valence-corrected chi connectivity index (χ0v) is 11.5. The minimum atomic E-state index is -0.157. The lowest BCUT2D eigenvalue weighted by atomic mass is 10.0. The maximum atomic E-state index is 11.4. The summed E-state index contributed by atoms with van der Waals surface area (Å²) in [5.74, 6) is 0.996. The first-order valence-electron chi connectivity index (χ1n) is 5.20. The molecule has 0 aromatic rings. The number of nitrogens with one attached hydrogen (secondary N) is 1. The first-order chi connectivity index (χ1) is 6.60. The van der Waals surface area contributed by atoms with Crippen molar-refractivity contribution < 1.29 is 4.79 Å². The van der Waals surface area contributed by atoms with Gasteiger partial charge in [0.2, 0.25) is 5.91 Å². The van der Waals surface area contributed by atoms with E-state index in [2.05, 4.69) is 26.1 Å². The smallest absolute Gasteiger partial charge is 0.244 e. The lowest BCUT2D eigenvalue weighted by molar-refractivity contribution is -0.117. The SMILES string of the molecule is CC(C)(C)CSC=CC(=O)NC(C)(C)C. The van der Waals surface area contributed by atoms with Gasteiger partial charge in [0.15, 0.2) is 0 Å².